The molecule has 0 bridgehead atoms. The largest absolute Gasteiger partial charge is 0.478 e. The van der Waals surface area contributed by atoms with Crippen LogP contribution in [0, 0.1) is 11.8 Å². The molecule has 1 N–H and O–H groups in total. The van der Waals surface area contributed by atoms with Crippen molar-refractivity contribution in [1.29, 1.82) is 0 Å². The van der Waals surface area contributed by atoms with Crippen LogP contribution in [0.15, 0.2) is 65.8 Å². The summed E-state index contributed by atoms with van der Waals surface area (Å²) in [4.78, 5) is 15.8. The molecule has 6 nitrogen and oxygen atoms in total. The van der Waals surface area contributed by atoms with Crippen molar-refractivity contribution in [2.75, 3.05) is 0 Å². The lowest BCUT2D eigenvalue weighted by Gasteiger charge is -2.22. The van der Waals surface area contributed by atoms with Crippen molar-refractivity contribution in [3.05, 3.63) is 87.4 Å². The molecular weight excluding hydrogens is 420 g/mol. The Morgan fingerprint density at radius 2 is 1.80 bits per heavy atom. The molecule has 0 amide bonds. The zero-order valence-electron chi connectivity index (χ0n) is 15.6. The van der Waals surface area contributed by atoms with Gasteiger partial charge in [-0.25, -0.2) is 9.78 Å². The molecule has 0 spiro atoms. The van der Waals surface area contributed by atoms with Gasteiger partial charge in [0, 0.05) is 12.6 Å². The molecule has 0 aliphatic carbocycles. The number of carbonyl (C=O) groups is 1. The van der Waals surface area contributed by atoms with Gasteiger partial charge in [-0.2, -0.15) is 8.42 Å². The number of hydrogen-bond acceptors (Lipinski definition) is 5. The Kier molecular flexibility index (Phi) is 5.40. The monoisotopic (exact) mass is 436 g/mol. The fourth-order valence-electron chi connectivity index (χ4n) is 2.89. The molecule has 2 heterocycles. The predicted molar refractivity (Wildman–Crippen MR) is 114 cm³/mol. The summed E-state index contributed by atoms with van der Waals surface area (Å²) in [6.07, 6.45) is 3.77. The number of nitrogens with zero attached hydrogens (tertiary/aromatic N) is 2. The lowest BCUT2D eigenvalue weighted by Crippen LogP contribution is -2.28. The zero-order chi connectivity index (χ0) is 21.1. The van der Waals surface area contributed by atoms with E-state index in [0.717, 1.165) is 5.56 Å². The first-order chi connectivity index (χ1) is 14.4. The van der Waals surface area contributed by atoms with Crippen LogP contribution < -0.4 is 0 Å². The number of thiazole rings is 1. The molecule has 4 rings (SSSR count). The van der Waals surface area contributed by atoms with Gasteiger partial charge in [-0.05, 0) is 35.3 Å². The van der Waals surface area contributed by atoms with Gasteiger partial charge in [0.05, 0.1) is 17.0 Å². The van der Waals surface area contributed by atoms with Crippen molar-refractivity contribution in [3.8, 4) is 11.8 Å². The van der Waals surface area contributed by atoms with Gasteiger partial charge in [-0.3, -0.25) is 4.31 Å². The first kappa shape index (κ1) is 19.9. The van der Waals surface area contributed by atoms with Crippen molar-refractivity contribution >= 4 is 33.4 Å². The molecule has 3 aromatic rings. The molecular formula is C22H16N2O4S2. The molecule has 8 heteroatoms. The highest BCUT2D eigenvalue weighted by atomic mass is 32.2. The number of carboxylic acid groups (broad SMARTS) is 1. The van der Waals surface area contributed by atoms with E-state index in [0.29, 0.717) is 21.9 Å². The van der Waals surface area contributed by atoms with Crippen LogP contribution in [0.3, 0.4) is 0 Å². The van der Waals surface area contributed by atoms with E-state index in [4.69, 9.17) is 5.11 Å². The third-order valence-electron chi connectivity index (χ3n) is 4.44. The Bertz CT molecular complexity index is 1280. The summed E-state index contributed by atoms with van der Waals surface area (Å²) in [6, 6.07) is 15.9. The standard InChI is InChI=1S/C22H16N2O4S2/c25-22(26)18-11-9-17(10-12-18)15-24-14-13-19-21(30(24,27)28)23-20(29-19)8-4-7-16-5-2-1-3-6-16/h1-3,5-6,9-14H,7,15H2,(H,25,26). The van der Waals surface area contributed by atoms with Crippen LogP contribution in [-0.2, 0) is 23.0 Å². The minimum absolute atomic E-state index is 0.00108. The smallest absolute Gasteiger partial charge is 0.335 e. The maximum atomic E-state index is 13.0. The summed E-state index contributed by atoms with van der Waals surface area (Å²) in [7, 11) is -3.80. The van der Waals surface area contributed by atoms with Crippen molar-refractivity contribution in [1.82, 2.24) is 9.29 Å². The highest BCUT2D eigenvalue weighted by Crippen LogP contribution is 2.31. The van der Waals surface area contributed by atoms with Crippen molar-refractivity contribution in [3.63, 3.8) is 0 Å². The quantitative estimate of drug-likeness (QED) is 0.632. The van der Waals surface area contributed by atoms with E-state index in [9.17, 15) is 13.2 Å². The average molecular weight is 437 g/mol. The maximum absolute atomic E-state index is 13.0. The normalized spacial score (nSPS) is 13.9. The van der Waals surface area contributed by atoms with E-state index in [1.165, 1.54) is 34.0 Å². The topological polar surface area (TPSA) is 87.6 Å². The third kappa shape index (κ3) is 4.13. The van der Waals surface area contributed by atoms with Crippen LogP contribution in [-0.4, -0.2) is 28.8 Å². The summed E-state index contributed by atoms with van der Waals surface area (Å²) >= 11 is 1.24. The molecule has 150 valence electrons. The molecule has 2 aromatic carbocycles. The van der Waals surface area contributed by atoms with Crippen LogP contribution in [0.4, 0.5) is 0 Å². The summed E-state index contributed by atoms with van der Waals surface area (Å²) in [5.41, 5.74) is 1.91. The number of sulfonamides is 1. The zero-order valence-corrected chi connectivity index (χ0v) is 17.3. The highest BCUT2D eigenvalue weighted by Gasteiger charge is 2.31. The number of aromatic carboxylic acids is 1. The Balaban J connectivity index is 1.52. The number of carboxylic acids is 1. The van der Waals surface area contributed by atoms with Crippen LogP contribution in [0.1, 0.15) is 31.4 Å². The molecule has 1 aromatic heterocycles. The van der Waals surface area contributed by atoms with Crippen LogP contribution in [0.2, 0.25) is 0 Å². The minimum atomic E-state index is -3.80. The Hall–Kier alpha value is -3.41. The molecule has 0 atom stereocenters. The molecule has 1 aliphatic rings. The summed E-state index contributed by atoms with van der Waals surface area (Å²) in [5.74, 6) is 4.96. The fraction of sp³-hybridized carbons (Fsp3) is 0.0909. The van der Waals surface area contributed by atoms with Gasteiger partial charge in [0.2, 0.25) is 0 Å². The summed E-state index contributed by atoms with van der Waals surface area (Å²) < 4.78 is 27.1. The van der Waals surface area contributed by atoms with E-state index in [2.05, 4.69) is 16.8 Å². The highest BCUT2D eigenvalue weighted by molar-refractivity contribution is 7.89. The van der Waals surface area contributed by atoms with Crippen LogP contribution in [0.5, 0.6) is 0 Å². The molecule has 30 heavy (non-hydrogen) atoms. The van der Waals surface area contributed by atoms with Gasteiger partial charge >= 0.3 is 5.97 Å². The van der Waals surface area contributed by atoms with E-state index >= 15 is 0 Å². The molecule has 0 fully saturated rings. The molecule has 0 unspecified atom stereocenters. The summed E-state index contributed by atoms with van der Waals surface area (Å²) in [5, 5.41) is 9.44. The Morgan fingerprint density at radius 1 is 1.07 bits per heavy atom. The van der Waals surface area contributed by atoms with E-state index in [-0.39, 0.29) is 17.1 Å². The SMILES string of the molecule is O=C(O)c1ccc(CN2C=Cc3sc(C#CCc4ccccc4)nc3S2(=O)=O)cc1. The summed E-state index contributed by atoms with van der Waals surface area (Å²) in [6.45, 7) is 0.0880. The lowest BCUT2D eigenvalue weighted by molar-refractivity contribution is 0.0697. The lowest BCUT2D eigenvalue weighted by atomic mass is 10.1. The third-order valence-corrected chi connectivity index (χ3v) is 7.17. The maximum Gasteiger partial charge on any atom is 0.335 e. The van der Waals surface area contributed by atoms with Gasteiger partial charge in [-0.1, -0.05) is 48.4 Å². The van der Waals surface area contributed by atoms with Crippen molar-refractivity contribution in [2.24, 2.45) is 0 Å². The second kappa shape index (κ2) is 8.14. The second-order valence-corrected chi connectivity index (χ2v) is 9.36. The number of fused-ring (bicyclic) bond motifs is 1. The van der Waals surface area contributed by atoms with E-state index < -0.39 is 16.0 Å². The second-order valence-electron chi connectivity index (χ2n) is 6.52. The van der Waals surface area contributed by atoms with Crippen LogP contribution >= 0.6 is 11.3 Å². The molecule has 0 radical (unpaired) electrons. The number of hydrogen-bond donors (Lipinski definition) is 1. The van der Waals surface area contributed by atoms with Gasteiger partial charge in [-0.15, -0.1) is 11.3 Å². The number of benzene rings is 2. The van der Waals surface area contributed by atoms with E-state index in [1.807, 2.05) is 30.3 Å². The molecule has 0 saturated carbocycles. The van der Waals surface area contributed by atoms with Crippen molar-refractivity contribution in [2.45, 2.75) is 18.0 Å². The molecule has 0 saturated heterocycles. The fourth-order valence-corrected chi connectivity index (χ4v) is 5.41. The minimum Gasteiger partial charge on any atom is -0.478 e. The number of rotatable bonds is 4. The van der Waals surface area contributed by atoms with E-state index in [1.54, 1.807) is 18.2 Å². The van der Waals surface area contributed by atoms with Crippen LogP contribution in [0.25, 0.3) is 6.08 Å². The Morgan fingerprint density at radius 3 is 2.50 bits per heavy atom. The number of aromatic nitrogens is 1. The average Bonchev–Trinajstić information content (AvgIpc) is 3.16. The van der Waals surface area contributed by atoms with Gasteiger partial charge in [0.15, 0.2) is 10.0 Å². The van der Waals surface area contributed by atoms with Gasteiger partial charge in [0.1, 0.15) is 0 Å². The first-order valence-corrected chi connectivity index (χ1v) is 11.2. The predicted octanol–water partition coefficient (Wildman–Crippen LogP) is 3.61. The molecule has 1 aliphatic heterocycles. The van der Waals surface area contributed by atoms with Gasteiger partial charge < -0.3 is 5.11 Å². The van der Waals surface area contributed by atoms with Crippen molar-refractivity contribution < 1.29 is 18.3 Å². The first-order valence-electron chi connectivity index (χ1n) is 8.99. The Labute approximate surface area is 178 Å². The van der Waals surface area contributed by atoms with Gasteiger partial charge in [0.25, 0.3) is 10.0 Å².